The van der Waals surface area contributed by atoms with Crippen LogP contribution < -0.4 is 0 Å². The quantitative estimate of drug-likeness (QED) is 0.526. The molecule has 0 amide bonds. The van der Waals surface area contributed by atoms with Crippen molar-refractivity contribution in [3.05, 3.63) is 46.2 Å². The molecule has 0 saturated heterocycles. The molecule has 0 N–H and O–H groups in total. The second kappa shape index (κ2) is 6.35. The van der Waals surface area contributed by atoms with Crippen LogP contribution in [0.2, 0.25) is 0 Å². The van der Waals surface area contributed by atoms with E-state index in [9.17, 15) is 10.1 Å². The Morgan fingerprint density at radius 3 is 2.76 bits per heavy atom. The molecular weight excluding hydrogens is 218 g/mol. The molecule has 0 saturated carbocycles. The van der Waals surface area contributed by atoms with Crippen molar-refractivity contribution in [1.82, 2.24) is 0 Å². The van der Waals surface area contributed by atoms with E-state index in [-0.39, 0.29) is 10.6 Å². The van der Waals surface area contributed by atoms with Crippen molar-refractivity contribution in [2.24, 2.45) is 0 Å². The fourth-order valence-corrected chi connectivity index (χ4v) is 1.85. The van der Waals surface area contributed by atoms with E-state index in [4.69, 9.17) is 4.74 Å². The van der Waals surface area contributed by atoms with E-state index in [0.29, 0.717) is 19.4 Å². The lowest BCUT2D eigenvalue weighted by Gasteiger charge is -2.28. The van der Waals surface area contributed by atoms with E-state index in [2.05, 4.69) is 0 Å². The minimum Gasteiger partial charge on any atom is -0.359 e. The van der Waals surface area contributed by atoms with Gasteiger partial charge < -0.3 is 4.74 Å². The second-order valence-corrected chi connectivity index (χ2v) is 3.98. The second-order valence-electron chi connectivity index (χ2n) is 3.98. The Labute approximate surface area is 102 Å². The van der Waals surface area contributed by atoms with Crippen LogP contribution >= 0.6 is 0 Å². The molecule has 1 aliphatic carbocycles. The molecule has 1 unspecified atom stereocenters. The van der Waals surface area contributed by atoms with Gasteiger partial charge in [-0.3, -0.25) is 10.1 Å². The summed E-state index contributed by atoms with van der Waals surface area (Å²) in [6.07, 6.45) is 11.0. The maximum absolute atomic E-state index is 11.2. The first-order valence-corrected chi connectivity index (χ1v) is 5.99. The van der Waals surface area contributed by atoms with Gasteiger partial charge in [0.05, 0.1) is 4.92 Å². The van der Waals surface area contributed by atoms with Gasteiger partial charge in [0.25, 0.3) is 5.70 Å². The monoisotopic (exact) mass is 237 g/mol. The van der Waals surface area contributed by atoms with Gasteiger partial charge in [0.15, 0.2) is 5.60 Å². The first kappa shape index (κ1) is 13.6. The zero-order valence-corrected chi connectivity index (χ0v) is 10.4. The van der Waals surface area contributed by atoms with Crippen molar-refractivity contribution in [3.8, 4) is 0 Å². The van der Waals surface area contributed by atoms with Gasteiger partial charge in [-0.1, -0.05) is 32.1 Å². The minimum atomic E-state index is -0.885. The number of allylic oxidation sites excluding steroid dienone is 3. The Morgan fingerprint density at radius 1 is 1.53 bits per heavy atom. The SMILES string of the molecule is CC/C=C(\[N+](=O)[O-])C1(OCCC)C=CC=CC1. The Balaban J connectivity index is 3.03. The van der Waals surface area contributed by atoms with Crippen molar-refractivity contribution in [1.29, 1.82) is 0 Å². The van der Waals surface area contributed by atoms with Crippen molar-refractivity contribution < 1.29 is 9.66 Å². The lowest BCUT2D eigenvalue weighted by Crippen LogP contribution is -2.37. The molecule has 1 rings (SSSR count). The van der Waals surface area contributed by atoms with Crippen LogP contribution in [-0.2, 0) is 4.74 Å². The Kier molecular flexibility index (Phi) is 5.10. The molecule has 0 bridgehead atoms. The van der Waals surface area contributed by atoms with Gasteiger partial charge in [-0.2, -0.15) is 0 Å². The van der Waals surface area contributed by atoms with E-state index >= 15 is 0 Å². The molecule has 4 nitrogen and oxygen atoms in total. The number of hydrogen-bond acceptors (Lipinski definition) is 3. The smallest absolute Gasteiger partial charge is 0.278 e. The van der Waals surface area contributed by atoms with Crippen molar-refractivity contribution >= 4 is 0 Å². The molecular formula is C13H19NO3. The first-order chi connectivity index (χ1) is 8.16. The third-order valence-corrected chi connectivity index (χ3v) is 2.63. The summed E-state index contributed by atoms with van der Waals surface area (Å²) in [6, 6.07) is 0. The van der Waals surface area contributed by atoms with Gasteiger partial charge in [0, 0.05) is 13.0 Å². The average molecular weight is 237 g/mol. The highest BCUT2D eigenvalue weighted by Crippen LogP contribution is 2.31. The van der Waals surface area contributed by atoms with Gasteiger partial charge in [-0.15, -0.1) is 0 Å². The molecule has 1 atom stereocenters. The van der Waals surface area contributed by atoms with Crippen molar-refractivity contribution in [2.45, 2.75) is 38.7 Å². The first-order valence-electron chi connectivity index (χ1n) is 5.99. The summed E-state index contributed by atoms with van der Waals surface area (Å²) in [5, 5.41) is 11.2. The summed E-state index contributed by atoms with van der Waals surface area (Å²) in [5.74, 6) is 0. The Morgan fingerprint density at radius 2 is 2.29 bits per heavy atom. The summed E-state index contributed by atoms with van der Waals surface area (Å²) < 4.78 is 5.75. The van der Waals surface area contributed by atoms with Crippen LogP contribution in [0.15, 0.2) is 36.1 Å². The molecule has 1 aliphatic rings. The van der Waals surface area contributed by atoms with Crippen LogP contribution in [0, 0.1) is 10.1 Å². The fraction of sp³-hybridized carbons (Fsp3) is 0.538. The summed E-state index contributed by atoms with van der Waals surface area (Å²) in [7, 11) is 0. The van der Waals surface area contributed by atoms with Gasteiger partial charge in [-0.05, 0) is 25.0 Å². The molecule has 0 heterocycles. The van der Waals surface area contributed by atoms with E-state index in [1.807, 2.05) is 32.1 Å². The van der Waals surface area contributed by atoms with Gasteiger partial charge in [0.1, 0.15) is 0 Å². The molecule has 94 valence electrons. The predicted molar refractivity (Wildman–Crippen MR) is 67.2 cm³/mol. The van der Waals surface area contributed by atoms with Crippen LogP contribution in [0.1, 0.15) is 33.1 Å². The Bertz CT molecular complexity index is 358. The summed E-state index contributed by atoms with van der Waals surface area (Å²) in [6.45, 7) is 4.40. The number of rotatable bonds is 6. The summed E-state index contributed by atoms with van der Waals surface area (Å²) in [4.78, 5) is 10.8. The highest BCUT2D eigenvalue weighted by molar-refractivity contribution is 5.28. The number of hydrogen-bond donors (Lipinski definition) is 0. The molecule has 0 radical (unpaired) electrons. The van der Waals surface area contributed by atoms with Crippen molar-refractivity contribution in [2.75, 3.05) is 6.61 Å². The fourth-order valence-electron chi connectivity index (χ4n) is 1.85. The molecule has 0 spiro atoms. The maximum Gasteiger partial charge on any atom is 0.278 e. The summed E-state index contributed by atoms with van der Waals surface area (Å²) >= 11 is 0. The largest absolute Gasteiger partial charge is 0.359 e. The molecule has 0 fully saturated rings. The molecule has 4 heteroatoms. The van der Waals surface area contributed by atoms with Crippen LogP contribution in [0.4, 0.5) is 0 Å². The lowest BCUT2D eigenvalue weighted by molar-refractivity contribution is -0.443. The van der Waals surface area contributed by atoms with Crippen LogP contribution in [0.5, 0.6) is 0 Å². The van der Waals surface area contributed by atoms with E-state index in [0.717, 1.165) is 6.42 Å². The van der Waals surface area contributed by atoms with E-state index in [1.54, 1.807) is 12.2 Å². The van der Waals surface area contributed by atoms with Crippen LogP contribution in [0.25, 0.3) is 0 Å². The predicted octanol–water partition coefficient (Wildman–Crippen LogP) is 3.24. The molecule has 0 aromatic heterocycles. The van der Waals surface area contributed by atoms with Gasteiger partial charge in [-0.25, -0.2) is 0 Å². The topological polar surface area (TPSA) is 52.4 Å². The molecule has 0 aromatic carbocycles. The molecule has 0 aliphatic heterocycles. The minimum absolute atomic E-state index is 0.147. The van der Waals surface area contributed by atoms with Crippen LogP contribution in [0.3, 0.4) is 0 Å². The zero-order valence-electron chi connectivity index (χ0n) is 10.4. The van der Waals surface area contributed by atoms with Crippen molar-refractivity contribution in [3.63, 3.8) is 0 Å². The van der Waals surface area contributed by atoms with Crippen LogP contribution in [-0.4, -0.2) is 17.1 Å². The number of nitro groups is 1. The number of nitrogens with zero attached hydrogens (tertiary/aromatic N) is 1. The third kappa shape index (κ3) is 3.27. The summed E-state index contributed by atoms with van der Waals surface area (Å²) in [5.41, 5.74) is -0.737. The molecule has 17 heavy (non-hydrogen) atoms. The third-order valence-electron chi connectivity index (χ3n) is 2.63. The van der Waals surface area contributed by atoms with E-state index < -0.39 is 5.60 Å². The normalized spacial score (nSPS) is 24.0. The lowest BCUT2D eigenvalue weighted by atomic mass is 9.90. The average Bonchev–Trinajstić information content (AvgIpc) is 2.34. The van der Waals surface area contributed by atoms with E-state index in [1.165, 1.54) is 0 Å². The number of ether oxygens (including phenoxy) is 1. The maximum atomic E-state index is 11.2. The Hall–Kier alpha value is -1.42. The zero-order chi connectivity index (χ0) is 12.7. The highest BCUT2D eigenvalue weighted by Gasteiger charge is 2.40. The standard InChI is InChI=1S/C13H19NO3/c1-3-8-12(14(15)16)13(17-11-4-2)9-6-5-7-10-13/h5-9H,3-4,10-11H2,1-2H3/b12-8-. The van der Waals surface area contributed by atoms with Gasteiger partial charge in [0.2, 0.25) is 0 Å². The molecule has 0 aromatic rings. The highest BCUT2D eigenvalue weighted by atomic mass is 16.6. The van der Waals surface area contributed by atoms with Gasteiger partial charge >= 0.3 is 0 Å².